The lowest BCUT2D eigenvalue weighted by molar-refractivity contribution is -0.121. The van der Waals surface area contributed by atoms with Gasteiger partial charge in [0.1, 0.15) is 0 Å². The number of aliphatic hydroxyl groups excluding tert-OH is 1. The fraction of sp³-hybridized carbons (Fsp3) is 0.909. The van der Waals surface area contributed by atoms with Crippen LogP contribution in [0.4, 0.5) is 0 Å². The summed E-state index contributed by atoms with van der Waals surface area (Å²) in [6.45, 7) is 5.70. The van der Waals surface area contributed by atoms with Crippen LogP contribution in [0.3, 0.4) is 0 Å². The van der Waals surface area contributed by atoms with E-state index in [0.717, 1.165) is 19.4 Å². The van der Waals surface area contributed by atoms with Crippen LogP contribution in [-0.2, 0) is 4.79 Å². The highest BCUT2D eigenvalue weighted by Crippen LogP contribution is 2.44. The zero-order valence-electron chi connectivity index (χ0n) is 9.68. The van der Waals surface area contributed by atoms with Crippen molar-refractivity contribution in [3.63, 3.8) is 0 Å². The first-order chi connectivity index (χ1) is 7.08. The maximum atomic E-state index is 11.3. The molecule has 0 aliphatic heterocycles. The minimum absolute atomic E-state index is 0.0892. The average molecular weight is 214 g/mol. The summed E-state index contributed by atoms with van der Waals surface area (Å²) in [6.07, 6.45) is 2.73. The topological polar surface area (TPSA) is 61.4 Å². The van der Waals surface area contributed by atoms with Crippen LogP contribution in [0.1, 0.15) is 33.1 Å². The van der Waals surface area contributed by atoms with Crippen molar-refractivity contribution < 1.29 is 9.90 Å². The van der Waals surface area contributed by atoms with Gasteiger partial charge in [0.25, 0.3) is 0 Å². The van der Waals surface area contributed by atoms with E-state index < -0.39 is 0 Å². The second-order valence-electron chi connectivity index (χ2n) is 4.81. The molecule has 1 saturated carbocycles. The van der Waals surface area contributed by atoms with Crippen LogP contribution in [0, 0.1) is 5.41 Å². The van der Waals surface area contributed by atoms with Crippen LogP contribution in [0.25, 0.3) is 0 Å². The Morgan fingerprint density at radius 3 is 2.60 bits per heavy atom. The molecule has 1 amide bonds. The molecule has 0 aromatic carbocycles. The Morgan fingerprint density at radius 2 is 2.13 bits per heavy atom. The number of carbonyl (C=O) groups excluding carboxylic acids is 1. The predicted molar refractivity (Wildman–Crippen MR) is 59.5 cm³/mol. The summed E-state index contributed by atoms with van der Waals surface area (Å²) in [4.78, 5) is 11.3. The van der Waals surface area contributed by atoms with E-state index >= 15 is 0 Å². The lowest BCUT2D eigenvalue weighted by atomic mass is 10.1. The van der Waals surface area contributed by atoms with Gasteiger partial charge in [-0.1, -0.05) is 0 Å². The van der Waals surface area contributed by atoms with Crippen LogP contribution in [0.5, 0.6) is 0 Å². The third kappa shape index (κ3) is 4.62. The fourth-order valence-corrected chi connectivity index (χ4v) is 1.52. The molecule has 1 rings (SSSR count). The summed E-state index contributed by atoms with van der Waals surface area (Å²) < 4.78 is 0. The van der Waals surface area contributed by atoms with Gasteiger partial charge < -0.3 is 15.7 Å². The number of carbonyl (C=O) groups is 1. The molecule has 0 heterocycles. The first kappa shape index (κ1) is 12.5. The van der Waals surface area contributed by atoms with E-state index in [0.29, 0.717) is 13.0 Å². The van der Waals surface area contributed by atoms with Crippen molar-refractivity contribution >= 4 is 5.91 Å². The molecule has 0 saturated heterocycles. The number of amides is 1. The van der Waals surface area contributed by atoms with E-state index in [-0.39, 0.29) is 24.0 Å². The number of hydrogen-bond donors (Lipinski definition) is 3. The summed E-state index contributed by atoms with van der Waals surface area (Å²) >= 11 is 0. The molecule has 88 valence electrons. The van der Waals surface area contributed by atoms with Gasteiger partial charge in [-0.05, 0) is 26.7 Å². The van der Waals surface area contributed by atoms with Crippen molar-refractivity contribution in [1.82, 2.24) is 10.6 Å². The number of hydrogen-bond acceptors (Lipinski definition) is 3. The molecule has 1 fully saturated rings. The molecule has 0 aromatic rings. The quantitative estimate of drug-likeness (QED) is 0.533. The first-order valence-corrected chi connectivity index (χ1v) is 5.69. The molecule has 1 aliphatic carbocycles. The zero-order valence-corrected chi connectivity index (χ0v) is 9.68. The third-order valence-electron chi connectivity index (χ3n) is 2.77. The zero-order chi connectivity index (χ0) is 11.3. The Labute approximate surface area is 91.4 Å². The molecule has 0 atom stereocenters. The van der Waals surface area contributed by atoms with E-state index in [2.05, 4.69) is 10.6 Å². The van der Waals surface area contributed by atoms with E-state index in [1.807, 2.05) is 13.8 Å². The van der Waals surface area contributed by atoms with Crippen LogP contribution in [-0.4, -0.2) is 36.8 Å². The molecule has 1 aliphatic rings. The van der Waals surface area contributed by atoms with Crippen LogP contribution in [0.2, 0.25) is 0 Å². The second kappa shape index (κ2) is 5.47. The maximum absolute atomic E-state index is 11.3. The van der Waals surface area contributed by atoms with Gasteiger partial charge in [0.05, 0.1) is 0 Å². The Hall–Kier alpha value is -0.610. The Kier molecular flexibility index (Phi) is 4.54. The number of nitrogens with one attached hydrogen (secondary N) is 2. The van der Waals surface area contributed by atoms with Crippen LogP contribution >= 0.6 is 0 Å². The molecule has 0 radical (unpaired) electrons. The van der Waals surface area contributed by atoms with Crippen molar-refractivity contribution in [2.24, 2.45) is 5.41 Å². The monoisotopic (exact) mass is 214 g/mol. The molecule has 0 spiro atoms. The lowest BCUT2D eigenvalue weighted by Gasteiger charge is -2.13. The minimum Gasteiger partial charge on any atom is -0.396 e. The standard InChI is InChI=1S/C11H22N2O2/c1-9(2)13-10(15)3-6-12-7-11(8-14)4-5-11/h9,12,14H,3-8H2,1-2H3,(H,13,15). The van der Waals surface area contributed by atoms with Gasteiger partial charge in [-0.3, -0.25) is 4.79 Å². The van der Waals surface area contributed by atoms with Crippen molar-refractivity contribution in [3.05, 3.63) is 0 Å². The molecule has 3 N–H and O–H groups in total. The number of aliphatic hydroxyl groups is 1. The minimum atomic E-state index is 0.0892. The lowest BCUT2D eigenvalue weighted by Crippen LogP contribution is -2.34. The highest BCUT2D eigenvalue weighted by atomic mass is 16.3. The van der Waals surface area contributed by atoms with Gasteiger partial charge in [0.2, 0.25) is 5.91 Å². The molecule has 4 nitrogen and oxygen atoms in total. The summed E-state index contributed by atoms with van der Waals surface area (Å²) in [5.74, 6) is 0.0892. The number of rotatable bonds is 7. The molecular formula is C11H22N2O2. The molecular weight excluding hydrogens is 192 g/mol. The molecule has 4 heteroatoms. The highest BCUT2D eigenvalue weighted by molar-refractivity contribution is 5.76. The van der Waals surface area contributed by atoms with Gasteiger partial charge >= 0.3 is 0 Å². The Bertz CT molecular complexity index is 213. The summed E-state index contributed by atoms with van der Waals surface area (Å²) in [5, 5.41) is 15.1. The van der Waals surface area contributed by atoms with Gasteiger partial charge in [0.15, 0.2) is 0 Å². The van der Waals surface area contributed by atoms with Gasteiger partial charge in [-0.2, -0.15) is 0 Å². The summed E-state index contributed by atoms with van der Waals surface area (Å²) in [7, 11) is 0. The van der Waals surface area contributed by atoms with Crippen molar-refractivity contribution in [1.29, 1.82) is 0 Å². The SMILES string of the molecule is CC(C)NC(=O)CCNCC1(CO)CC1. The Morgan fingerprint density at radius 1 is 1.47 bits per heavy atom. The van der Waals surface area contributed by atoms with Crippen molar-refractivity contribution in [2.75, 3.05) is 19.7 Å². The molecule has 15 heavy (non-hydrogen) atoms. The van der Waals surface area contributed by atoms with Crippen LogP contribution < -0.4 is 10.6 Å². The molecule has 0 unspecified atom stereocenters. The maximum Gasteiger partial charge on any atom is 0.221 e. The average Bonchev–Trinajstić information content (AvgIpc) is 2.92. The highest BCUT2D eigenvalue weighted by Gasteiger charge is 2.41. The van der Waals surface area contributed by atoms with E-state index in [1.54, 1.807) is 0 Å². The largest absolute Gasteiger partial charge is 0.396 e. The smallest absolute Gasteiger partial charge is 0.221 e. The fourth-order valence-electron chi connectivity index (χ4n) is 1.52. The summed E-state index contributed by atoms with van der Waals surface area (Å²) in [5.41, 5.74) is 0.133. The predicted octanol–water partition coefficient (Wildman–Crippen LogP) is 0.263. The Balaban J connectivity index is 1.99. The van der Waals surface area contributed by atoms with E-state index in [1.165, 1.54) is 0 Å². The van der Waals surface area contributed by atoms with Crippen molar-refractivity contribution in [2.45, 2.75) is 39.2 Å². The third-order valence-corrected chi connectivity index (χ3v) is 2.77. The van der Waals surface area contributed by atoms with E-state index in [4.69, 9.17) is 5.11 Å². The second-order valence-corrected chi connectivity index (χ2v) is 4.81. The first-order valence-electron chi connectivity index (χ1n) is 5.69. The summed E-state index contributed by atoms with van der Waals surface area (Å²) in [6, 6.07) is 0.213. The van der Waals surface area contributed by atoms with Gasteiger partial charge in [-0.15, -0.1) is 0 Å². The van der Waals surface area contributed by atoms with Crippen molar-refractivity contribution in [3.8, 4) is 0 Å². The molecule has 0 bridgehead atoms. The van der Waals surface area contributed by atoms with Crippen LogP contribution in [0.15, 0.2) is 0 Å². The van der Waals surface area contributed by atoms with Gasteiger partial charge in [0, 0.05) is 37.6 Å². The molecule has 0 aromatic heterocycles. The van der Waals surface area contributed by atoms with E-state index in [9.17, 15) is 4.79 Å². The normalized spacial score (nSPS) is 17.9. The van der Waals surface area contributed by atoms with Gasteiger partial charge in [-0.25, -0.2) is 0 Å².